The van der Waals surface area contributed by atoms with Crippen molar-refractivity contribution in [3.63, 3.8) is 0 Å². The number of hydrogen-bond donors (Lipinski definition) is 5. The lowest BCUT2D eigenvalue weighted by atomic mass is 10.0. The molecule has 2 rings (SSSR count). The molecule has 0 unspecified atom stereocenters. The van der Waals surface area contributed by atoms with E-state index in [-0.39, 0.29) is 12.5 Å². The van der Waals surface area contributed by atoms with Gasteiger partial charge in [-0.15, -0.1) is 0 Å². The van der Waals surface area contributed by atoms with Crippen molar-refractivity contribution in [1.29, 1.82) is 0 Å². The first-order chi connectivity index (χ1) is 15.0. The van der Waals surface area contributed by atoms with E-state index in [1.54, 1.807) is 24.3 Å². The molecular formula is C22H36N2O7. The molecule has 0 radical (unpaired) electrons. The Morgan fingerprint density at radius 3 is 2.81 bits per heavy atom. The van der Waals surface area contributed by atoms with Crippen LogP contribution < -0.4 is 10.1 Å². The van der Waals surface area contributed by atoms with Gasteiger partial charge >= 0.3 is 0 Å². The quantitative estimate of drug-likeness (QED) is 0.367. The van der Waals surface area contributed by atoms with Crippen molar-refractivity contribution in [3.05, 3.63) is 29.8 Å². The summed E-state index contributed by atoms with van der Waals surface area (Å²) < 4.78 is 11.2. The van der Waals surface area contributed by atoms with Gasteiger partial charge in [-0.25, -0.2) is 0 Å². The molecule has 0 spiro atoms. The van der Waals surface area contributed by atoms with Crippen molar-refractivity contribution < 1.29 is 34.7 Å². The van der Waals surface area contributed by atoms with Gasteiger partial charge < -0.3 is 40.1 Å². The number of carbonyl (C=O) groups excluding carboxylic acids is 1. The zero-order chi connectivity index (χ0) is 22.6. The number of likely N-dealkylation sites (N-methyl/N-ethyl adjacent to an activating group) is 1. The monoisotopic (exact) mass is 440 g/mol. The van der Waals surface area contributed by atoms with Crippen LogP contribution in [0.4, 0.5) is 0 Å². The van der Waals surface area contributed by atoms with Crippen LogP contribution in [0.2, 0.25) is 0 Å². The second-order valence-corrected chi connectivity index (χ2v) is 7.79. The van der Waals surface area contributed by atoms with Gasteiger partial charge in [-0.3, -0.25) is 4.79 Å². The highest BCUT2D eigenvalue weighted by atomic mass is 16.5. The zero-order valence-corrected chi connectivity index (χ0v) is 18.2. The Hall–Kier alpha value is -1.75. The first-order valence-electron chi connectivity index (χ1n) is 10.9. The molecule has 1 aromatic carbocycles. The smallest absolute Gasteiger partial charge is 0.254 e. The molecule has 1 heterocycles. The molecule has 1 aliphatic heterocycles. The van der Waals surface area contributed by atoms with E-state index in [2.05, 4.69) is 5.32 Å². The predicted molar refractivity (Wildman–Crippen MR) is 115 cm³/mol. The number of ether oxygens (including phenoxy) is 2. The SMILES string of the molecule is CNCCOc1cccc(C(=O)N2CCCCCCO[C@H]([C@H](O)CO)[C@H](O)[C@@H](O)C2)c1. The maximum absolute atomic E-state index is 13.2. The summed E-state index contributed by atoms with van der Waals surface area (Å²) in [5.41, 5.74) is 0.430. The minimum absolute atomic E-state index is 0.122. The van der Waals surface area contributed by atoms with E-state index in [9.17, 15) is 25.2 Å². The lowest BCUT2D eigenvalue weighted by Gasteiger charge is -2.33. The highest BCUT2D eigenvalue weighted by Crippen LogP contribution is 2.18. The molecule has 0 aliphatic carbocycles. The maximum atomic E-state index is 13.2. The van der Waals surface area contributed by atoms with Gasteiger partial charge in [-0.1, -0.05) is 18.9 Å². The van der Waals surface area contributed by atoms with Gasteiger partial charge in [0.1, 0.15) is 36.8 Å². The lowest BCUT2D eigenvalue weighted by Crippen LogP contribution is -2.52. The van der Waals surface area contributed by atoms with Crippen molar-refractivity contribution in [2.75, 3.05) is 46.5 Å². The van der Waals surface area contributed by atoms with Crippen LogP contribution in [0.5, 0.6) is 5.75 Å². The first kappa shape index (κ1) is 25.5. The van der Waals surface area contributed by atoms with Gasteiger partial charge in [0.15, 0.2) is 0 Å². The molecule has 31 heavy (non-hydrogen) atoms. The van der Waals surface area contributed by atoms with E-state index in [1.807, 2.05) is 7.05 Å². The fourth-order valence-electron chi connectivity index (χ4n) is 3.52. The average molecular weight is 441 g/mol. The highest BCUT2D eigenvalue weighted by Gasteiger charge is 2.34. The van der Waals surface area contributed by atoms with E-state index < -0.39 is 31.0 Å². The number of rotatable bonds is 7. The van der Waals surface area contributed by atoms with Crippen LogP contribution in [0.15, 0.2) is 24.3 Å². The topological polar surface area (TPSA) is 132 Å². The molecule has 9 heteroatoms. The molecule has 1 amide bonds. The van der Waals surface area contributed by atoms with Crippen molar-refractivity contribution in [3.8, 4) is 5.75 Å². The number of β-amino-alcohol motifs (C(OH)–C–C–N with tert-alkyl or cyclic N) is 1. The fourth-order valence-corrected chi connectivity index (χ4v) is 3.52. The summed E-state index contributed by atoms with van der Waals surface area (Å²) in [5, 5.41) is 43.4. The van der Waals surface area contributed by atoms with Crippen LogP contribution in [0.25, 0.3) is 0 Å². The summed E-state index contributed by atoms with van der Waals surface area (Å²) in [6.07, 6.45) is -2.03. The second-order valence-electron chi connectivity index (χ2n) is 7.79. The van der Waals surface area contributed by atoms with Gasteiger partial charge in [0, 0.05) is 31.8 Å². The van der Waals surface area contributed by atoms with Crippen molar-refractivity contribution >= 4 is 5.91 Å². The third kappa shape index (κ3) is 8.03. The van der Waals surface area contributed by atoms with E-state index in [0.29, 0.717) is 37.6 Å². The molecule has 4 atom stereocenters. The first-order valence-corrected chi connectivity index (χ1v) is 10.9. The van der Waals surface area contributed by atoms with Crippen molar-refractivity contribution in [1.82, 2.24) is 10.2 Å². The van der Waals surface area contributed by atoms with Crippen LogP contribution in [0, 0.1) is 0 Å². The number of benzene rings is 1. The highest BCUT2D eigenvalue weighted by molar-refractivity contribution is 5.94. The van der Waals surface area contributed by atoms with Crippen LogP contribution in [0.1, 0.15) is 36.0 Å². The van der Waals surface area contributed by atoms with Gasteiger partial charge in [-0.05, 0) is 38.1 Å². The fraction of sp³-hybridized carbons (Fsp3) is 0.682. The second kappa shape index (κ2) is 13.6. The molecule has 0 aromatic heterocycles. The predicted octanol–water partition coefficient (Wildman–Crippen LogP) is -0.239. The molecule has 0 bridgehead atoms. The molecule has 0 saturated carbocycles. The lowest BCUT2D eigenvalue weighted by molar-refractivity contribution is -0.145. The van der Waals surface area contributed by atoms with Crippen LogP contribution in [0.3, 0.4) is 0 Å². The van der Waals surface area contributed by atoms with E-state index in [0.717, 1.165) is 25.7 Å². The van der Waals surface area contributed by atoms with E-state index in [1.165, 1.54) is 4.90 Å². The van der Waals surface area contributed by atoms with Crippen LogP contribution in [-0.2, 0) is 4.74 Å². The Bertz CT molecular complexity index is 661. The summed E-state index contributed by atoms with van der Waals surface area (Å²) in [5.74, 6) is 0.304. The Labute approximate surface area is 183 Å². The van der Waals surface area contributed by atoms with Gasteiger partial charge in [0.2, 0.25) is 0 Å². The minimum atomic E-state index is -1.45. The largest absolute Gasteiger partial charge is 0.492 e. The standard InChI is InChI=1S/C22H36N2O7/c1-23-9-12-30-17-8-6-7-16(13-17)22(29)24-10-4-2-3-5-11-31-21(19(27)15-25)20(28)18(26)14-24/h6-8,13,18-21,23,25-28H,2-5,9-12,14-15H2,1H3/t18-,19+,20+,21+/m0/s1. The third-order valence-electron chi connectivity index (χ3n) is 5.33. The molecule has 176 valence electrons. The number of nitrogens with zero attached hydrogens (tertiary/aromatic N) is 1. The Morgan fingerprint density at radius 2 is 2.06 bits per heavy atom. The van der Waals surface area contributed by atoms with Gasteiger partial charge in [0.05, 0.1) is 6.61 Å². The molecule has 5 N–H and O–H groups in total. The average Bonchev–Trinajstić information content (AvgIpc) is 2.78. The number of aliphatic hydroxyl groups is 4. The zero-order valence-electron chi connectivity index (χ0n) is 18.2. The van der Waals surface area contributed by atoms with Crippen LogP contribution >= 0.6 is 0 Å². The number of carbonyl (C=O) groups is 1. The normalized spacial score (nSPS) is 24.7. The minimum Gasteiger partial charge on any atom is -0.492 e. The summed E-state index contributed by atoms with van der Waals surface area (Å²) in [6.45, 7) is 1.17. The maximum Gasteiger partial charge on any atom is 0.254 e. The molecule has 1 aromatic rings. The summed E-state index contributed by atoms with van der Waals surface area (Å²) in [4.78, 5) is 14.7. The number of nitrogens with one attached hydrogen (secondary N) is 1. The van der Waals surface area contributed by atoms with Crippen molar-refractivity contribution in [2.24, 2.45) is 0 Å². The number of hydrogen-bond acceptors (Lipinski definition) is 8. The molecule has 1 aliphatic rings. The Kier molecular flexibility index (Phi) is 11.2. The third-order valence-corrected chi connectivity index (χ3v) is 5.33. The van der Waals surface area contributed by atoms with Gasteiger partial charge in [0.25, 0.3) is 5.91 Å². The van der Waals surface area contributed by atoms with E-state index in [4.69, 9.17) is 9.47 Å². The molecule has 1 fully saturated rings. The number of aliphatic hydroxyl groups excluding tert-OH is 4. The van der Waals surface area contributed by atoms with Gasteiger partial charge in [-0.2, -0.15) is 0 Å². The number of amides is 1. The van der Waals surface area contributed by atoms with Crippen LogP contribution in [-0.4, -0.2) is 102 Å². The summed E-state index contributed by atoms with van der Waals surface area (Å²) >= 11 is 0. The Balaban J connectivity index is 2.15. The molecular weight excluding hydrogens is 404 g/mol. The van der Waals surface area contributed by atoms with E-state index >= 15 is 0 Å². The summed E-state index contributed by atoms with van der Waals surface area (Å²) in [6, 6.07) is 6.87. The molecule has 1 saturated heterocycles. The molecule has 9 nitrogen and oxygen atoms in total. The van der Waals surface area contributed by atoms with Crippen molar-refractivity contribution in [2.45, 2.75) is 50.1 Å². The Morgan fingerprint density at radius 1 is 1.29 bits per heavy atom. The summed E-state index contributed by atoms with van der Waals surface area (Å²) in [7, 11) is 1.83.